The van der Waals surface area contributed by atoms with Crippen LogP contribution in [0.15, 0.2) is 12.5 Å². The maximum absolute atomic E-state index is 10.8. The van der Waals surface area contributed by atoms with E-state index in [2.05, 4.69) is 40.1 Å². The van der Waals surface area contributed by atoms with E-state index in [1.54, 1.807) is 6.20 Å². The van der Waals surface area contributed by atoms with Crippen LogP contribution in [0.5, 0.6) is 0 Å². The van der Waals surface area contributed by atoms with Crippen molar-refractivity contribution in [2.24, 2.45) is 0 Å². The van der Waals surface area contributed by atoms with E-state index in [-0.39, 0.29) is 10.7 Å². The molecular weight excluding hydrogens is 222 g/mol. The van der Waals surface area contributed by atoms with Gasteiger partial charge in [-0.25, -0.2) is 9.78 Å². The Morgan fingerprint density at radius 1 is 1.86 bits per heavy atom. The first kappa shape index (κ1) is 11.0. The van der Waals surface area contributed by atoms with Crippen LogP contribution in [-0.2, 0) is 11.2 Å². The van der Waals surface area contributed by atoms with Gasteiger partial charge in [-0.1, -0.05) is 12.2 Å². The number of thiol groups is 1. The molecule has 1 aromatic rings. The van der Waals surface area contributed by atoms with Gasteiger partial charge in [0, 0.05) is 12.6 Å². The van der Waals surface area contributed by atoms with Crippen molar-refractivity contribution in [1.82, 2.24) is 15.3 Å². The Balaban J connectivity index is 2.60. The van der Waals surface area contributed by atoms with Crippen molar-refractivity contribution >= 4 is 35.1 Å². The highest BCUT2D eigenvalue weighted by molar-refractivity contribution is 8.11. The van der Waals surface area contributed by atoms with Crippen molar-refractivity contribution in [3.8, 4) is 0 Å². The minimum atomic E-state index is -0.982. The second-order valence-corrected chi connectivity index (χ2v) is 3.76. The molecule has 14 heavy (non-hydrogen) atoms. The molecule has 5 nitrogen and oxygen atoms in total. The lowest BCUT2D eigenvalue weighted by Gasteiger charge is -2.12. The van der Waals surface area contributed by atoms with Gasteiger partial charge in [-0.3, -0.25) is 0 Å². The summed E-state index contributed by atoms with van der Waals surface area (Å²) >= 11 is 8.46. The van der Waals surface area contributed by atoms with Gasteiger partial charge in [0.05, 0.1) is 12.0 Å². The second-order valence-electron chi connectivity index (χ2n) is 2.60. The number of H-pyrrole nitrogens is 1. The zero-order chi connectivity index (χ0) is 10.6. The number of aromatic amines is 1. The normalized spacial score (nSPS) is 12.1. The molecule has 1 heterocycles. The zero-order valence-corrected chi connectivity index (χ0v) is 8.81. The van der Waals surface area contributed by atoms with Gasteiger partial charge in [-0.15, -0.1) is 12.6 Å². The van der Waals surface area contributed by atoms with E-state index >= 15 is 0 Å². The molecule has 0 aliphatic carbocycles. The molecule has 1 rings (SSSR count). The molecular formula is C7H9N3O2S2. The number of imidazole rings is 1. The van der Waals surface area contributed by atoms with Crippen LogP contribution in [0.25, 0.3) is 0 Å². The predicted molar refractivity (Wildman–Crippen MR) is 58.4 cm³/mol. The van der Waals surface area contributed by atoms with Gasteiger partial charge in [0.15, 0.2) is 0 Å². The highest BCUT2D eigenvalue weighted by Gasteiger charge is 2.18. The number of thiocarbonyl (C=S) groups is 1. The molecule has 0 aliphatic heterocycles. The molecule has 0 fully saturated rings. The molecule has 1 aromatic heterocycles. The van der Waals surface area contributed by atoms with Crippen molar-refractivity contribution < 1.29 is 9.90 Å². The lowest BCUT2D eigenvalue weighted by atomic mass is 10.2. The quantitative estimate of drug-likeness (QED) is 0.440. The third-order valence-corrected chi connectivity index (χ3v) is 1.81. The zero-order valence-electron chi connectivity index (χ0n) is 7.10. The number of aliphatic carboxylic acids is 1. The second kappa shape index (κ2) is 4.97. The number of aromatic nitrogens is 2. The van der Waals surface area contributed by atoms with E-state index in [0.29, 0.717) is 5.69 Å². The molecule has 76 valence electrons. The third-order valence-electron chi connectivity index (χ3n) is 1.56. The molecule has 0 bridgehead atoms. The van der Waals surface area contributed by atoms with Gasteiger partial charge in [0.1, 0.15) is 10.4 Å². The van der Waals surface area contributed by atoms with Crippen molar-refractivity contribution in [3.63, 3.8) is 0 Å². The summed E-state index contributed by atoms with van der Waals surface area (Å²) in [4.78, 5) is 17.4. The fourth-order valence-corrected chi connectivity index (χ4v) is 1.26. The van der Waals surface area contributed by atoms with Gasteiger partial charge >= 0.3 is 5.97 Å². The lowest BCUT2D eigenvalue weighted by molar-refractivity contribution is -0.139. The minimum Gasteiger partial charge on any atom is -0.480 e. The fourth-order valence-electron chi connectivity index (χ4n) is 0.961. The number of carboxylic acids is 1. The Bertz CT molecular complexity index is 326. The third kappa shape index (κ3) is 3.35. The lowest BCUT2D eigenvalue weighted by Crippen LogP contribution is -2.39. The summed E-state index contributed by atoms with van der Waals surface area (Å²) in [6, 6.07) is -0.789. The van der Waals surface area contributed by atoms with Gasteiger partial charge in [-0.2, -0.15) is 0 Å². The summed E-state index contributed by atoms with van der Waals surface area (Å²) < 4.78 is 0.160. The number of carboxylic acid groups (broad SMARTS) is 1. The van der Waals surface area contributed by atoms with Crippen molar-refractivity contribution in [3.05, 3.63) is 18.2 Å². The summed E-state index contributed by atoms with van der Waals surface area (Å²) in [6.07, 6.45) is 3.39. The van der Waals surface area contributed by atoms with Crippen LogP contribution in [0.2, 0.25) is 0 Å². The summed E-state index contributed by atoms with van der Waals surface area (Å²) in [5.41, 5.74) is 0.662. The molecule has 7 heteroatoms. The van der Waals surface area contributed by atoms with Crippen molar-refractivity contribution in [2.45, 2.75) is 12.5 Å². The Morgan fingerprint density at radius 2 is 2.57 bits per heavy atom. The molecule has 0 saturated heterocycles. The molecule has 0 saturated carbocycles. The van der Waals surface area contributed by atoms with Gasteiger partial charge < -0.3 is 15.4 Å². The summed E-state index contributed by atoms with van der Waals surface area (Å²) in [5.74, 6) is -0.982. The van der Waals surface area contributed by atoms with Crippen LogP contribution >= 0.6 is 24.8 Å². The van der Waals surface area contributed by atoms with E-state index in [9.17, 15) is 4.79 Å². The van der Waals surface area contributed by atoms with Crippen LogP contribution in [0.4, 0.5) is 0 Å². The average molecular weight is 231 g/mol. The van der Waals surface area contributed by atoms with Gasteiger partial charge in [0.2, 0.25) is 0 Å². The minimum absolute atomic E-state index is 0.160. The topological polar surface area (TPSA) is 78.0 Å². The molecule has 1 atom stereocenters. The first-order valence-corrected chi connectivity index (χ1v) is 4.65. The van der Waals surface area contributed by atoms with Crippen molar-refractivity contribution in [1.29, 1.82) is 0 Å². The van der Waals surface area contributed by atoms with E-state index in [0.717, 1.165) is 0 Å². The smallest absolute Gasteiger partial charge is 0.326 e. The van der Waals surface area contributed by atoms with E-state index in [1.807, 2.05) is 0 Å². The number of hydrogen-bond acceptors (Lipinski definition) is 3. The Labute approximate surface area is 91.3 Å². The first-order chi connectivity index (χ1) is 6.59. The predicted octanol–water partition coefficient (Wildman–Crippen LogP) is 0.210. The molecule has 0 aromatic carbocycles. The largest absolute Gasteiger partial charge is 0.480 e. The number of rotatable bonds is 4. The molecule has 3 N–H and O–H groups in total. The van der Waals surface area contributed by atoms with Crippen LogP contribution < -0.4 is 5.32 Å². The molecule has 0 radical (unpaired) electrons. The number of hydrogen-bond donors (Lipinski definition) is 4. The number of nitrogens with zero attached hydrogens (tertiary/aromatic N) is 1. The monoisotopic (exact) mass is 231 g/mol. The standard InChI is InChI=1S/C7H9N3O2S2/c11-6(12)5(10-7(13)14)1-4-2-8-3-9-4/h2-3,5H,1H2,(H,8,9)(H,11,12)(H2,10,13,14)/t5-/m0/s1. The Hall–Kier alpha value is -1.08. The van der Waals surface area contributed by atoms with Crippen LogP contribution in [0.3, 0.4) is 0 Å². The maximum atomic E-state index is 10.8. The summed E-state index contributed by atoms with van der Waals surface area (Å²) in [7, 11) is 0. The fraction of sp³-hybridized carbons (Fsp3) is 0.286. The molecule has 0 aliphatic rings. The highest BCUT2D eigenvalue weighted by atomic mass is 32.1. The van der Waals surface area contributed by atoms with Crippen LogP contribution in [-0.4, -0.2) is 31.4 Å². The van der Waals surface area contributed by atoms with Crippen molar-refractivity contribution in [2.75, 3.05) is 0 Å². The van der Waals surface area contributed by atoms with Crippen LogP contribution in [0, 0.1) is 0 Å². The number of carbonyl (C=O) groups is 1. The van der Waals surface area contributed by atoms with E-state index in [4.69, 9.17) is 5.11 Å². The van der Waals surface area contributed by atoms with Crippen LogP contribution in [0.1, 0.15) is 5.69 Å². The summed E-state index contributed by atoms with van der Waals surface area (Å²) in [6.45, 7) is 0. The Kier molecular flexibility index (Phi) is 3.90. The SMILES string of the molecule is O=C(O)[C@H](Cc1c[nH]cn1)NC(=S)S. The molecule has 0 spiro atoms. The average Bonchev–Trinajstić information content (AvgIpc) is 2.54. The first-order valence-electron chi connectivity index (χ1n) is 3.79. The van der Waals surface area contributed by atoms with Gasteiger partial charge in [0.25, 0.3) is 0 Å². The molecule has 0 amide bonds. The summed E-state index contributed by atoms with van der Waals surface area (Å²) in [5, 5.41) is 11.4. The van der Waals surface area contributed by atoms with E-state index < -0.39 is 12.0 Å². The maximum Gasteiger partial charge on any atom is 0.326 e. The molecule has 0 unspecified atom stereocenters. The highest BCUT2D eigenvalue weighted by Crippen LogP contribution is 1.99. The Morgan fingerprint density at radius 3 is 3.00 bits per heavy atom. The van der Waals surface area contributed by atoms with Gasteiger partial charge in [-0.05, 0) is 0 Å². The van der Waals surface area contributed by atoms with E-state index in [1.165, 1.54) is 6.33 Å². The number of nitrogens with one attached hydrogen (secondary N) is 2.